The van der Waals surface area contributed by atoms with Crippen LogP contribution in [0.5, 0.6) is 0 Å². The summed E-state index contributed by atoms with van der Waals surface area (Å²) in [5.74, 6) is 0. The van der Waals surface area contributed by atoms with Gasteiger partial charge in [-0.25, -0.2) is 4.79 Å². The van der Waals surface area contributed by atoms with E-state index in [1.165, 1.54) is 6.42 Å². The molecule has 0 aromatic heterocycles. The molecule has 2 rings (SSSR count). The highest BCUT2D eigenvalue weighted by Crippen LogP contribution is 2.11. The highest BCUT2D eigenvalue weighted by molar-refractivity contribution is 5.68. The van der Waals surface area contributed by atoms with Gasteiger partial charge in [-0.1, -0.05) is 21.3 Å². The van der Waals surface area contributed by atoms with Crippen LogP contribution in [0.3, 0.4) is 0 Å². The van der Waals surface area contributed by atoms with Gasteiger partial charge in [-0.2, -0.15) is 0 Å². The third kappa shape index (κ3) is 9.45. The van der Waals surface area contributed by atoms with Crippen LogP contribution in [0, 0.1) is 0 Å². The second-order valence-electron chi connectivity index (χ2n) is 7.25. The van der Waals surface area contributed by atoms with Crippen molar-refractivity contribution in [3.8, 4) is 0 Å². The molecular weight excluding hydrogens is 304 g/mol. The van der Waals surface area contributed by atoms with Gasteiger partial charge in [-0.15, -0.1) is 0 Å². The van der Waals surface area contributed by atoms with E-state index in [4.69, 9.17) is 4.74 Å². The minimum atomic E-state index is -0.399. The Morgan fingerprint density at radius 3 is 2.17 bits per heavy atom. The summed E-state index contributed by atoms with van der Waals surface area (Å²) in [5.41, 5.74) is -0.399. The molecule has 0 aliphatic carbocycles. The molecule has 6 nitrogen and oxygen atoms in total. The van der Waals surface area contributed by atoms with Crippen molar-refractivity contribution in [2.45, 2.75) is 72.6 Å². The molecule has 2 saturated heterocycles. The summed E-state index contributed by atoms with van der Waals surface area (Å²) < 4.78 is 5.33. The van der Waals surface area contributed by atoms with Crippen LogP contribution in [0.2, 0.25) is 0 Å². The van der Waals surface area contributed by atoms with Crippen LogP contribution in [0.1, 0.15) is 54.9 Å². The first-order valence-electron chi connectivity index (χ1n) is 9.01. The molecule has 2 atom stereocenters. The molecule has 0 aromatic rings. The molecule has 2 heterocycles. The topological polar surface area (TPSA) is 65.6 Å². The maximum atomic E-state index is 11.8. The first-order chi connectivity index (χ1) is 10.9. The number of hydrogen-bond acceptors (Lipinski definition) is 5. The minimum Gasteiger partial charge on any atom is -0.444 e. The van der Waals surface area contributed by atoms with Crippen molar-refractivity contribution < 1.29 is 9.53 Å². The second kappa shape index (κ2) is 11.7. The molecule has 3 N–H and O–H groups in total. The van der Waals surface area contributed by atoms with Crippen molar-refractivity contribution in [3.63, 3.8) is 0 Å². The Kier molecular flexibility index (Phi) is 11.2. The van der Waals surface area contributed by atoms with E-state index in [1.807, 2.05) is 20.8 Å². The Balaban J connectivity index is 0.000000498. The minimum absolute atomic E-state index is 0. The molecule has 0 aromatic carbocycles. The summed E-state index contributed by atoms with van der Waals surface area (Å²) in [6.45, 7) is 15.8. The van der Waals surface area contributed by atoms with E-state index in [9.17, 15) is 4.79 Å². The highest BCUT2D eigenvalue weighted by atomic mass is 16.6. The monoisotopic (exact) mass is 344 g/mol. The highest BCUT2D eigenvalue weighted by Gasteiger charge is 2.26. The summed E-state index contributed by atoms with van der Waals surface area (Å²) >= 11 is 0. The third-order valence-electron chi connectivity index (χ3n) is 4.02. The molecule has 2 aliphatic heterocycles. The van der Waals surface area contributed by atoms with Crippen LogP contribution >= 0.6 is 0 Å². The van der Waals surface area contributed by atoms with Crippen molar-refractivity contribution in [1.29, 1.82) is 0 Å². The van der Waals surface area contributed by atoms with Crippen LogP contribution in [0.25, 0.3) is 0 Å². The molecule has 24 heavy (non-hydrogen) atoms. The van der Waals surface area contributed by atoms with Gasteiger partial charge < -0.3 is 25.6 Å². The van der Waals surface area contributed by atoms with Crippen molar-refractivity contribution in [1.82, 2.24) is 20.9 Å². The predicted molar refractivity (Wildman–Crippen MR) is 102 cm³/mol. The van der Waals surface area contributed by atoms with E-state index in [-0.39, 0.29) is 13.5 Å². The molecule has 0 bridgehead atoms. The number of nitrogens with one attached hydrogen (secondary N) is 3. The zero-order valence-corrected chi connectivity index (χ0v) is 15.6. The van der Waals surface area contributed by atoms with Crippen molar-refractivity contribution in [2.75, 3.05) is 39.3 Å². The number of rotatable bonds is 2. The van der Waals surface area contributed by atoms with Crippen LogP contribution in [0.4, 0.5) is 4.79 Å². The normalized spacial score (nSPS) is 24.3. The maximum Gasteiger partial charge on any atom is 0.410 e. The van der Waals surface area contributed by atoms with E-state index < -0.39 is 5.60 Å². The zero-order chi connectivity index (χ0) is 17.3. The standard InChI is InChI=1S/C11H22N2O2.C6H14N2.CH4/c1-5-9-8-13(7-6-12-9)10(14)15-11(2,3)4;1-2-6-5-7-3-4-8-6;/h9,12H,5-8H2,1-4H3;6-8H,2-5H2,1H3;1H4. The zero-order valence-electron chi connectivity index (χ0n) is 15.6. The number of amides is 1. The van der Waals surface area contributed by atoms with Crippen LogP contribution in [-0.2, 0) is 4.74 Å². The van der Waals surface area contributed by atoms with Gasteiger partial charge in [0.1, 0.15) is 5.60 Å². The molecule has 0 radical (unpaired) electrons. The molecule has 0 saturated carbocycles. The molecular formula is C18H40N4O2. The first-order valence-corrected chi connectivity index (χ1v) is 9.01. The Morgan fingerprint density at radius 2 is 1.71 bits per heavy atom. The van der Waals surface area contributed by atoms with Gasteiger partial charge in [0, 0.05) is 51.4 Å². The molecule has 2 fully saturated rings. The van der Waals surface area contributed by atoms with E-state index in [0.29, 0.717) is 6.04 Å². The van der Waals surface area contributed by atoms with Gasteiger partial charge in [-0.05, 0) is 33.6 Å². The van der Waals surface area contributed by atoms with Gasteiger partial charge in [0.25, 0.3) is 0 Å². The number of piperazine rings is 2. The van der Waals surface area contributed by atoms with Crippen LogP contribution < -0.4 is 16.0 Å². The average molecular weight is 345 g/mol. The van der Waals surface area contributed by atoms with Gasteiger partial charge >= 0.3 is 6.09 Å². The number of nitrogens with zero attached hydrogens (tertiary/aromatic N) is 1. The molecule has 144 valence electrons. The van der Waals surface area contributed by atoms with Crippen LogP contribution in [0.15, 0.2) is 0 Å². The summed E-state index contributed by atoms with van der Waals surface area (Å²) in [6.07, 6.45) is 2.09. The Morgan fingerprint density at radius 1 is 1.08 bits per heavy atom. The lowest BCUT2D eigenvalue weighted by Crippen LogP contribution is -2.53. The Bertz CT molecular complexity index is 338. The molecule has 2 unspecified atom stereocenters. The Labute approximate surface area is 149 Å². The fraction of sp³-hybridized carbons (Fsp3) is 0.944. The van der Waals surface area contributed by atoms with Crippen molar-refractivity contribution in [2.24, 2.45) is 0 Å². The molecule has 1 amide bonds. The van der Waals surface area contributed by atoms with Crippen molar-refractivity contribution in [3.05, 3.63) is 0 Å². The summed E-state index contributed by atoms with van der Waals surface area (Å²) in [4.78, 5) is 13.5. The summed E-state index contributed by atoms with van der Waals surface area (Å²) in [6, 6.07) is 1.13. The van der Waals surface area contributed by atoms with Gasteiger partial charge in [0.05, 0.1) is 0 Å². The number of carbonyl (C=O) groups excluding carboxylic acids is 1. The lowest BCUT2D eigenvalue weighted by Gasteiger charge is -2.34. The fourth-order valence-corrected chi connectivity index (χ4v) is 2.59. The summed E-state index contributed by atoms with van der Waals surface area (Å²) in [7, 11) is 0. The Hall–Kier alpha value is -0.850. The van der Waals surface area contributed by atoms with Crippen molar-refractivity contribution >= 4 is 6.09 Å². The quantitative estimate of drug-likeness (QED) is 0.717. The smallest absolute Gasteiger partial charge is 0.410 e. The SMILES string of the molecule is C.CCC1CN(C(=O)OC(C)(C)C)CCN1.CCC1CNCCN1. The predicted octanol–water partition coefficient (Wildman–Crippen LogP) is 2.20. The number of ether oxygens (including phenoxy) is 1. The first kappa shape index (κ1) is 23.1. The van der Waals surface area contributed by atoms with Gasteiger partial charge in [0.15, 0.2) is 0 Å². The van der Waals surface area contributed by atoms with E-state index in [0.717, 1.165) is 51.7 Å². The maximum absolute atomic E-state index is 11.8. The van der Waals surface area contributed by atoms with Crippen LogP contribution in [-0.4, -0.2) is 67.9 Å². The largest absolute Gasteiger partial charge is 0.444 e. The third-order valence-corrected chi connectivity index (χ3v) is 4.02. The number of carbonyl (C=O) groups is 1. The summed E-state index contributed by atoms with van der Waals surface area (Å²) in [5, 5.41) is 10.1. The molecule has 2 aliphatic rings. The fourth-order valence-electron chi connectivity index (χ4n) is 2.59. The molecule has 0 spiro atoms. The lowest BCUT2D eigenvalue weighted by atomic mass is 10.1. The average Bonchev–Trinajstić information content (AvgIpc) is 2.54. The van der Waals surface area contributed by atoms with E-state index in [1.54, 1.807) is 4.90 Å². The van der Waals surface area contributed by atoms with Gasteiger partial charge in [0.2, 0.25) is 0 Å². The van der Waals surface area contributed by atoms with Gasteiger partial charge in [-0.3, -0.25) is 0 Å². The lowest BCUT2D eigenvalue weighted by molar-refractivity contribution is 0.0194. The molecule has 6 heteroatoms. The number of hydrogen-bond donors (Lipinski definition) is 3. The van der Waals surface area contributed by atoms with E-state index >= 15 is 0 Å². The van der Waals surface area contributed by atoms with E-state index in [2.05, 4.69) is 29.8 Å². The second-order valence-corrected chi connectivity index (χ2v) is 7.25.